The van der Waals surface area contributed by atoms with Crippen LogP contribution in [0, 0.1) is 12.7 Å². The van der Waals surface area contributed by atoms with E-state index in [0.29, 0.717) is 22.8 Å². The van der Waals surface area contributed by atoms with Crippen molar-refractivity contribution in [1.82, 2.24) is 14.9 Å². The Kier molecular flexibility index (Phi) is 4.91. The van der Waals surface area contributed by atoms with Crippen LogP contribution in [0.1, 0.15) is 11.5 Å². The Balaban J connectivity index is 1.63. The highest BCUT2D eigenvalue weighted by atomic mass is 32.2. The van der Waals surface area contributed by atoms with Crippen molar-refractivity contribution in [2.75, 3.05) is 6.54 Å². The largest absolute Gasteiger partial charge is 0.339 e. The van der Waals surface area contributed by atoms with Crippen LogP contribution in [0.15, 0.2) is 57.9 Å². The van der Waals surface area contributed by atoms with Gasteiger partial charge in [0.05, 0.1) is 4.90 Å². The average molecular weight is 361 g/mol. The molecule has 25 heavy (non-hydrogen) atoms. The summed E-state index contributed by atoms with van der Waals surface area (Å²) in [7, 11) is -3.59. The van der Waals surface area contributed by atoms with E-state index in [1.54, 1.807) is 43.3 Å². The van der Waals surface area contributed by atoms with Crippen molar-refractivity contribution in [3.05, 3.63) is 65.8 Å². The van der Waals surface area contributed by atoms with Crippen molar-refractivity contribution in [2.24, 2.45) is 0 Å². The monoisotopic (exact) mass is 361 g/mol. The molecule has 6 nitrogen and oxygen atoms in total. The first-order chi connectivity index (χ1) is 12.0. The zero-order chi connectivity index (χ0) is 17.9. The van der Waals surface area contributed by atoms with Gasteiger partial charge in [0.2, 0.25) is 21.7 Å². The second-order valence-electron chi connectivity index (χ2n) is 5.43. The summed E-state index contributed by atoms with van der Waals surface area (Å²) in [5.41, 5.74) is 1.29. The van der Waals surface area contributed by atoms with Gasteiger partial charge < -0.3 is 4.52 Å². The number of halogens is 1. The first kappa shape index (κ1) is 17.2. The van der Waals surface area contributed by atoms with Gasteiger partial charge in [-0.3, -0.25) is 0 Å². The van der Waals surface area contributed by atoms with E-state index in [1.165, 1.54) is 12.1 Å². The maximum absolute atomic E-state index is 12.9. The lowest BCUT2D eigenvalue weighted by molar-refractivity contribution is 0.379. The Hall–Kier alpha value is -2.58. The second-order valence-corrected chi connectivity index (χ2v) is 7.17. The molecule has 0 atom stereocenters. The van der Waals surface area contributed by atoms with Gasteiger partial charge in [0.1, 0.15) is 5.82 Å². The zero-order valence-corrected chi connectivity index (χ0v) is 14.3. The van der Waals surface area contributed by atoms with E-state index < -0.39 is 10.0 Å². The number of rotatable bonds is 6. The number of hydrogen-bond acceptors (Lipinski definition) is 5. The Morgan fingerprint density at radius 3 is 2.56 bits per heavy atom. The molecule has 0 fully saturated rings. The third kappa shape index (κ3) is 4.09. The molecule has 1 heterocycles. The summed E-state index contributed by atoms with van der Waals surface area (Å²) in [6, 6.07) is 12.5. The molecule has 0 spiro atoms. The van der Waals surface area contributed by atoms with Crippen LogP contribution in [-0.2, 0) is 16.4 Å². The highest BCUT2D eigenvalue weighted by molar-refractivity contribution is 7.89. The molecule has 1 N–H and O–H groups in total. The molecule has 0 unspecified atom stereocenters. The van der Waals surface area contributed by atoms with Crippen molar-refractivity contribution in [1.29, 1.82) is 0 Å². The van der Waals surface area contributed by atoms with Crippen LogP contribution in [-0.4, -0.2) is 25.1 Å². The summed E-state index contributed by atoms with van der Waals surface area (Å²) in [6.07, 6.45) is 0.249. The minimum absolute atomic E-state index is 0.127. The van der Waals surface area contributed by atoms with E-state index in [2.05, 4.69) is 14.9 Å². The molecule has 3 aromatic rings. The van der Waals surface area contributed by atoms with E-state index >= 15 is 0 Å². The number of hydrogen-bond donors (Lipinski definition) is 1. The molecule has 2 aromatic carbocycles. The van der Waals surface area contributed by atoms with Gasteiger partial charge >= 0.3 is 0 Å². The van der Waals surface area contributed by atoms with Gasteiger partial charge in [0, 0.05) is 18.5 Å². The number of nitrogens with one attached hydrogen (secondary N) is 1. The van der Waals surface area contributed by atoms with Crippen molar-refractivity contribution in [3.63, 3.8) is 0 Å². The van der Waals surface area contributed by atoms with Gasteiger partial charge in [0.25, 0.3) is 0 Å². The predicted octanol–water partition coefficient (Wildman–Crippen LogP) is 2.71. The van der Waals surface area contributed by atoms with Crippen LogP contribution in [0.3, 0.4) is 0 Å². The smallest absolute Gasteiger partial charge is 0.240 e. The van der Waals surface area contributed by atoms with E-state index in [0.717, 1.165) is 0 Å². The molecule has 0 aliphatic rings. The first-order valence-electron chi connectivity index (χ1n) is 7.59. The molecule has 0 radical (unpaired) electrons. The number of benzene rings is 2. The summed E-state index contributed by atoms with van der Waals surface area (Å²) < 4.78 is 45.1. The predicted molar refractivity (Wildman–Crippen MR) is 89.8 cm³/mol. The molecular weight excluding hydrogens is 345 g/mol. The maximum atomic E-state index is 12.9. The lowest BCUT2D eigenvalue weighted by atomic mass is 10.2. The fraction of sp³-hybridized carbons (Fsp3) is 0.176. The summed E-state index contributed by atoms with van der Waals surface area (Å²) in [4.78, 5) is 4.43. The molecule has 130 valence electrons. The molecule has 0 aliphatic carbocycles. The minimum Gasteiger partial charge on any atom is -0.339 e. The van der Waals surface area contributed by atoms with Gasteiger partial charge in [0.15, 0.2) is 0 Å². The van der Waals surface area contributed by atoms with E-state index in [-0.39, 0.29) is 23.7 Å². The Bertz CT molecular complexity index is 969. The van der Waals surface area contributed by atoms with Crippen molar-refractivity contribution in [3.8, 4) is 11.4 Å². The normalized spacial score (nSPS) is 11.6. The van der Waals surface area contributed by atoms with Gasteiger partial charge in [-0.1, -0.05) is 23.4 Å². The Morgan fingerprint density at radius 2 is 1.84 bits per heavy atom. The van der Waals surface area contributed by atoms with Gasteiger partial charge in [-0.25, -0.2) is 17.5 Å². The highest BCUT2D eigenvalue weighted by Crippen LogP contribution is 2.17. The highest BCUT2D eigenvalue weighted by Gasteiger charge is 2.16. The Morgan fingerprint density at radius 1 is 1.12 bits per heavy atom. The molecule has 8 heteroatoms. The third-order valence-electron chi connectivity index (χ3n) is 3.58. The lowest BCUT2D eigenvalue weighted by Crippen LogP contribution is -2.26. The summed E-state index contributed by atoms with van der Waals surface area (Å²) >= 11 is 0. The topological polar surface area (TPSA) is 85.1 Å². The van der Waals surface area contributed by atoms with Gasteiger partial charge in [-0.2, -0.15) is 4.98 Å². The van der Waals surface area contributed by atoms with Crippen LogP contribution in [0.25, 0.3) is 11.4 Å². The standard InChI is InChI=1S/C17H16FN3O3S/c1-12-4-2-3-5-15(12)25(22,23)19-11-10-16-20-17(21-24-16)13-6-8-14(18)9-7-13/h2-9,19H,10-11H2,1H3. The fourth-order valence-electron chi connectivity index (χ4n) is 2.30. The molecule has 0 amide bonds. The van der Waals surface area contributed by atoms with Gasteiger partial charge in [-0.15, -0.1) is 0 Å². The number of nitrogens with zero attached hydrogens (tertiary/aromatic N) is 2. The molecule has 0 saturated carbocycles. The SMILES string of the molecule is Cc1ccccc1S(=O)(=O)NCCc1nc(-c2ccc(F)cc2)no1. The zero-order valence-electron chi connectivity index (χ0n) is 13.4. The molecule has 0 aliphatic heterocycles. The van der Waals surface area contributed by atoms with Crippen LogP contribution >= 0.6 is 0 Å². The van der Waals surface area contributed by atoms with Crippen LogP contribution < -0.4 is 4.72 Å². The van der Waals surface area contributed by atoms with Crippen LogP contribution in [0.4, 0.5) is 4.39 Å². The van der Waals surface area contributed by atoms with E-state index in [1.807, 2.05) is 0 Å². The van der Waals surface area contributed by atoms with E-state index in [9.17, 15) is 12.8 Å². The molecule has 0 bridgehead atoms. The number of sulfonamides is 1. The van der Waals surface area contributed by atoms with Crippen molar-refractivity contribution < 1.29 is 17.3 Å². The Labute approximate surface area is 144 Å². The minimum atomic E-state index is -3.59. The fourth-order valence-corrected chi connectivity index (χ4v) is 3.58. The van der Waals surface area contributed by atoms with Crippen LogP contribution in [0.5, 0.6) is 0 Å². The summed E-state index contributed by atoms with van der Waals surface area (Å²) in [5.74, 6) is 0.279. The maximum Gasteiger partial charge on any atom is 0.240 e. The van der Waals surface area contributed by atoms with Crippen LogP contribution in [0.2, 0.25) is 0 Å². The quantitative estimate of drug-likeness (QED) is 0.730. The first-order valence-corrected chi connectivity index (χ1v) is 9.08. The molecule has 3 rings (SSSR count). The second kappa shape index (κ2) is 7.12. The van der Waals surface area contributed by atoms with Crippen molar-refractivity contribution in [2.45, 2.75) is 18.2 Å². The van der Waals surface area contributed by atoms with E-state index in [4.69, 9.17) is 4.52 Å². The third-order valence-corrected chi connectivity index (χ3v) is 5.21. The van der Waals surface area contributed by atoms with Gasteiger partial charge in [-0.05, 0) is 42.8 Å². The lowest BCUT2D eigenvalue weighted by Gasteiger charge is -2.07. The average Bonchev–Trinajstić information content (AvgIpc) is 3.04. The number of aryl methyl sites for hydroxylation is 1. The number of aromatic nitrogens is 2. The summed E-state index contributed by atoms with van der Waals surface area (Å²) in [5, 5.41) is 3.82. The van der Waals surface area contributed by atoms with Crippen molar-refractivity contribution >= 4 is 10.0 Å². The summed E-state index contributed by atoms with van der Waals surface area (Å²) in [6.45, 7) is 1.86. The molecular formula is C17H16FN3O3S. The molecule has 1 aromatic heterocycles. The molecule has 0 saturated heterocycles.